The van der Waals surface area contributed by atoms with Gasteiger partial charge in [0.15, 0.2) is 6.61 Å². The molecule has 0 fully saturated rings. The van der Waals surface area contributed by atoms with Gasteiger partial charge in [-0.1, -0.05) is 48.2 Å². The SMILES string of the molecule is COc1ccccc1C(=O)NC(=O)COC(=O)c1ccccc1Sc1ccccc1C#N. The maximum atomic E-state index is 12.6. The molecule has 0 aliphatic rings. The number of hydrogen-bond acceptors (Lipinski definition) is 7. The Kier molecular flexibility index (Phi) is 7.62. The van der Waals surface area contributed by atoms with Crippen LogP contribution < -0.4 is 10.1 Å². The molecule has 3 rings (SSSR count). The Morgan fingerprint density at radius 2 is 1.53 bits per heavy atom. The van der Waals surface area contributed by atoms with Gasteiger partial charge in [-0.25, -0.2) is 4.79 Å². The van der Waals surface area contributed by atoms with E-state index in [0.717, 1.165) is 0 Å². The largest absolute Gasteiger partial charge is 0.496 e. The number of carbonyl (C=O) groups is 3. The molecule has 0 saturated heterocycles. The van der Waals surface area contributed by atoms with E-state index in [2.05, 4.69) is 11.4 Å². The van der Waals surface area contributed by atoms with Crippen LogP contribution in [0.2, 0.25) is 0 Å². The summed E-state index contributed by atoms with van der Waals surface area (Å²) >= 11 is 1.25. The summed E-state index contributed by atoms with van der Waals surface area (Å²) in [5.41, 5.74) is 0.913. The minimum absolute atomic E-state index is 0.188. The number of nitrogens with zero attached hydrogens (tertiary/aromatic N) is 1. The summed E-state index contributed by atoms with van der Waals surface area (Å²) in [6.45, 7) is -0.631. The number of ether oxygens (including phenoxy) is 2. The van der Waals surface area contributed by atoms with Crippen LogP contribution in [-0.2, 0) is 9.53 Å². The molecule has 0 radical (unpaired) electrons. The molecule has 2 amide bonds. The third-order valence-corrected chi connectivity index (χ3v) is 5.43. The number of hydrogen-bond donors (Lipinski definition) is 1. The van der Waals surface area contributed by atoms with Gasteiger partial charge in [-0.3, -0.25) is 14.9 Å². The molecule has 0 atom stereocenters. The monoisotopic (exact) mass is 446 g/mol. The third kappa shape index (κ3) is 5.53. The third-order valence-electron chi connectivity index (χ3n) is 4.27. The van der Waals surface area contributed by atoms with E-state index in [0.29, 0.717) is 21.1 Å². The topological polar surface area (TPSA) is 105 Å². The maximum Gasteiger partial charge on any atom is 0.339 e. The molecule has 160 valence electrons. The van der Waals surface area contributed by atoms with Crippen LogP contribution in [0.3, 0.4) is 0 Å². The number of nitrogens with one attached hydrogen (secondary N) is 1. The predicted molar refractivity (Wildman–Crippen MR) is 117 cm³/mol. The van der Waals surface area contributed by atoms with Crippen molar-refractivity contribution in [3.8, 4) is 11.8 Å². The second kappa shape index (κ2) is 10.8. The first-order valence-electron chi connectivity index (χ1n) is 9.44. The minimum atomic E-state index is -0.769. The van der Waals surface area contributed by atoms with E-state index in [-0.39, 0.29) is 11.1 Å². The number of carbonyl (C=O) groups excluding carboxylic acids is 3. The molecule has 0 bridgehead atoms. The van der Waals surface area contributed by atoms with Gasteiger partial charge >= 0.3 is 5.97 Å². The van der Waals surface area contributed by atoms with Gasteiger partial charge in [-0.2, -0.15) is 5.26 Å². The summed E-state index contributed by atoms with van der Waals surface area (Å²) in [6.07, 6.45) is 0. The zero-order valence-corrected chi connectivity index (χ0v) is 17.8. The molecule has 3 aromatic rings. The van der Waals surface area contributed by atoms with E-state index in [1.165, 1.54) is 24.9 Å². The molecule has 0 heterocycles. The number of esters is 1. The van der Waals surface area contributed by atoms with Gasteiger partial charge in [0.1, 0.15) is 11.8 Å². The molecule has 0 saturated carbocycles. The van der Waals surface area contributed by atoms with Crippen LogP contribution in [0.1, 0.15) is 26.3 Å². The highest BCUT2D eigenvalue weighted by Crippen LogP contribution is 2.32. The Morgan fingerprint density at radius 3 is 2.25 bits per heavy atom. The van der Waals surface area contributed by atoms with Crippen LogP contribution in [0.25, 0.3) is 0 Å². The average Bonchev–Trinajstić information content (AvgIpc) is 2.83. The number of para-hydroxylation sites is 1. The summed E-state index contributed by atoms with van der Waals surface area (Å²) in [6, 6.07) is 22.3. The lowest BCUT2D eigenvalue weighted by molar-refractivity contribution is -0.123. The van der Waals surface area contributed by atoms with Crippen LogP contribution in [0.15, 0.2) is 82.6 Å². The maximum absolute atomic E-state index is 12.6. The number of rotatable bonds is 7. The van der Waals surface area contributed by atoms with Crippen LogP contribution in [0.4, 0.5) is 0 Å². The van der Waals surface area contributed by atoms with Crippen molar-refractivity contribution >= 4 is 29.5 Å². The Bertz CT molecular complexity index is 1200. The number of benzene rings is 3. The molecule has 0 spiro atoms. The minimum Gasteiger partial charge on any atom is -0.496 e. The van der Waals surface area contributed by atoms with E-state index >= 15 is 0 Å². The van der Waals surface area contributed by atoms with E-state index in [4.69, 9.17) is 9.47 Å². The zero-order valence-electron chi connectivity index (χ0n) is 17.0. The summed E-state index contributed by atoms with van der Waals surface area (Å²) < 4.78 is 10.2. The van der Waals surface area contributed by atoms with E-state index in [1.54, 1.807) is 66.7 Å². The van der Waals surface area contributed by atoms with Gasteiger partial charge in [-0.05, 0) is 36.4 Å². The normalized spacial score (nSPS) is 10.0. The van der Waals surface area contributed by atoms with Crippen LogP contribution in [-0.4, -0.2) is 31.5 Å². The van der Waals surface area contributed by atoms with Gasteiger partial charge in [0.25, 0.3) is 11.8 Å². The molecule has 0 aliphatic heterocycles. The van der Waals surface area contributed by atoms with Crippen molar-refractivity contribution in [2.45, 2.75) is 9.79 Å². The van der Waals surface area contributed by atoms with E-state index in [1.807, 2.05) is 0 Å². The molecule has 3 aromatic carbocycles. The predicted octanol–water partition coefficient (Wildman–Crippen LogP) is 3.83. The standard InChI is InChI=1S/C24H18N2O5S/c1-30-19-11-5-3-9-17(19)23(28)26-22(27)15-31-24(29)18-10-4-7-13-21(18)32-20-12-6-2-8-16(20)14-25/h2-13H,15H2,1H3,(H,26,27,28). The fraction of sp³-hybridized carbons (Fsp3) is 0.0833. The molecule has 1 N–H and O–H groups in total. The number of nitriles is 1. The summed E-state index contributed by atoms with van der Waals surface area (Å²) in [4.78, 5) is 38.3. The first kappa shape index (κ1) is 22.6. The fourth-order valence-electron chi connectivity index (χ4n) is 2.76. The number of methoxy groups -OCH3 is 1. The molecule has 7 nitrogen and oxygen atoms in total. The van der Waals surface area contributed by atoms with Crippen molar-refractivity contribution in [2.75, 3.05) is 13.7 Å². The highest BCUT2D eigenvalue weighted by atomic mass is 32.2. The van der Waals surface area contributed by atoms with Crippen molar-refractivity contribution < 1.29 is 23.9 Å². The molecule has 0 aliphatic carbocycles. The summed E-state index contributed by atoms with van der Waals surface area (Å²) in [5, 5.41) is 11.4. The van der Waals surface area contributed by atoms with Gasteiger partial charge in [0.05, 0.1) is 23.8 Å². The average molecular weight is 446 g/mol. The van der Waals surface area contributed by atoms with Crippen molar-refractivity contribution in [1.82, 2.24) is 5.32 Å². The van der Waals surface area contributed by atoms with Crippen molar-refractivity contribution in [3.63, 3.8) is 0 Å². The van der Waals surface area contributed by atoms with E-state index in [9.17, 15) is 19.6 Å². The van der Waals surface area contributed by atoms with Crippen molar-refractivity contribution in [3.05, 3.63) is 89.5 Å². The Balaban J connectivity index is 1.65. The lowest BCUT2D eigenvalue weighted by Crippen LogP contribution is -2.34. The lowest BCUT2D eigenvalue weighted by atomic mass is 10.2. The molecular formula is C24H18N2O5S. The quantitative estimate of drug-likeness (QED) is 0.550. The molecule has 0 aromatic heterocycles. The van der Waals surface area contributed by atoms with Crippen LogP contribution >= 0.6 is 11.8 Å². The van der Waals surface area contributed by atoms with Gasteiger partial charge in [0, 0.05) is 9.79 Å². The molecule has 8 heteroatoms. The Hall–Kier alpha value is -4.09. The fourth-order valence-corrected chi connectivity index (χ4v) is 3.78. The van der Waals surface area contributed by atoms with Crippen LogP contribution in [0, 0.1) is 11.3 Å². The number of imide groups is 1. The van der Waals surface area contributed by atoms with Gasteiger partial charge < -0.3 is 9.47 Å². The zero-order chi connectivity index (χ0) is 22.9. The highest BCUT2D eigenvalue weighted by molar-refractivity contribution is 7.99. The lowest BCUT2D eigenvalue weighted by Gasteiger charge is -2.11. The van der Waals surface area contributed by atoms with Gasteiger partial charge in [-0.15, -0.1) is 0 Å². The van der Waals surface area contributed by atoms with E-state index < -0.39 is 24.4 Å². The molecule has 0 unspecified atom stereocenters. The van der Waals surface area contributed by atoms with Gasteiger partial charge in [0.2, 0.25) is 0 Å². The van der Waals surface area contributed by atoms with Crippen molar-refractivity contribution in [2.24, 2.45) is 0 Å². The molecule has 32 heavy (non-hydrogen) atoms. The number of amides is 2. The molecular weight excluding hydrogens is 428 g/mol. The first-order valence-corrected chi connectivity index (χ1v) is 10.3. The summed E-state index contributed by atoms with van der Waals surface area (Å²) in [7, 11) is 1.42. The Morgan fingerprint density at radius 1 is 0.906 bits per heavy atom. The highest BCUT2D eigenvalue weighted by Gasteiger charge is 2.18. The first-order chi connectivity index (χ1) is 15.5. The smallest absolute Gasteiger partial charge is 0.339 e. The summed E-state index contributed by atoms with van der Waals surface area (Å²) in [5.74, 6) is -1.83. The van der Waals surface area contributed by atoms with Crippen molar-refractivity contribution in [1.29, 1.82) is 5.26 Å². The van der Waals surface area contributed by atoms with Crippen LogP contribution in [0.5, 0.6) is 5.75 Å². The second-order valence-corrected chi connectivity index (χ2v) is 7.44. The Labute approximate surface area is 189 Å². The second-order valence-electron chi connectivity index (χ2n) is 6.36.